The van der Waals surface area contributed by atoms with Crippen molar-refractivity contribution >= 4 is 94.8 Å². The third-order valence-corrected chi connectivity index (χ3v) is 18.4. The van der Waals surface area contributed by atoms with Gasteiger partial charge in [0.1, 0.15) is 0 Å². The molecule has 1 aromatic heterocycles. The lowest BCUT2D eigenvalue weighted by atomic mass is 9.43. The molecule has 5 heteroatoms. The summed E-state index contributed by atoms with van der Waals surface area (Å²) in [5.74, 6) is 0. The smallest absolute Gasteiger partial charge is 0.333 e. The highest BCUT2D eigenvalue weighted by Crippen LogP contribution is 2.53. The van der Waals surface area contributed by atoms with E-state index in [1.165, 1.54) is 98.2 Å². The molecule has 3 nitrogen and oxygen atoms in total. The number of rotatable bonds is 8. The summed E-state index contributed by atoms with van der Waals surface area (Å²) in [5.41, 5.74) is 24.9. The summed E-state index contributed by atoms with van der Waals surface area (Å²) in [5, 5.41) is 2.59. The quantitative estimate of drug-likeness (QED) is 0.140. The first-order valence-corrected chi connectivity index (χ1v) is 30.2. The normalized spacial score (nSPS) is 13.0. The lowest BCUT2D eigenvalue weighted by Crippen LogP contribution is -2.61. The molecule has 12 aromatic rings. The van der Waals surface area contributed by atoms with Crippen LogP contribution in [-0.4, -0.2) is 6.85 Å². The van der Waals surface area contributed by atoms with Crippen LogP contribution in [0.25, 0.3) is 64.7 Å². The Morgan fingerprint density at radius 3 is 1.49 bits per heavy atom. The minimum absolute atomic E-state index is 0.0103. The van der Waals surface area contributed by atoms with Gasteiger partial charge < -0.3 is 14.6 Å². The van der Waals surface area contributed by atoms with Crippen LogP contribution < -0.4 is 25.5 Å². The van der Waals surface area contributed by atoms with Crippen molar-refractivity contribution in [3.05, 3.63) is 265 Å². The minimum atomic E-state index is -0.199. The number of hydrogen-bond donors (Lipinski definition) is 0. The molecule has 3 heterocycles. The second kappa shape index (κ2) is 19.9. The van der Waals surface area contributed by atoms with E-state index in [1.54, 1.807) is 0 Å². The van der Waals surface area contributed by atoms with Gasteiger partial charge in [0.25, 0.3) is 0 Å². The van der Waals surface area contributed by atoms with Crippen molar-refractivity contribution < 1.29 is 0 Å². The van der Waals surface area contributed by atoms with Gasteiger partial charge in [-0.25, -0.2) is 0 Å². The summed E-state index contributed by atoms with van der Waals surface area (Å²) < 4.78 is 2.61. The van der Waals surface area contributed by atoms with Crippen molar-refractivity contribution in [2.45, 2.75) is 78.6 Å². The zero-order chi connectivity index (χ0) is 56.9. The summed E-state index contributed by atoms with van der Waals surface area (Å²) in [6.45, 7) is 20.8. The molecule has 0 unspecified atom stereocenters. The molecule has 0 atom stereocenters. The van der Waals surface area contributed by atoms with E-state index in [1.807, 2.05) is 11.3 Å². The van der Waals surface area contributed by atoms with E-state index >= 15 is 0 Å². The second-order valence-corrected chi connectivity index (χ2v) is 26.9. The monoisotopic (exact) mass is 1090 g/mol. The minimum Gasteiger partial charge on any atom is -0.376 e. The fourth-order valence-corrected chi connectivity index (χ4v) is 13.9. The van der Waals surface area contributed by atoms with E-state index in [-0.39, 0.29) is 23.1 Å². The average Bonchev–Trinajstić information content (AvgIpc) is 2.48. The van der Waals surface area contributed by atoms with Crippen molar-refractivity contribution in [1.82, 2.24) is 0 Å². The Morgan fingerprint density at radius 1 is 0.337 bits per heavy atom. The van der Waals surface area contributed by atoms with Gasteiger partial charge in [0, 0.05) is 71.1 Å². The van der Waals surface area contributed by atoms with Gasteiger partial charge in [0.05, 0.1) is 5.69 Å². The van der Waals surface area contributed by atoms with Gasteiger partial charge in [-0.15, -0.1) is 11.3 Å². The summed E-state index contributed by atoms with van der Waals surface area (Å²) in [6, 6.07) is 93.9. The molecule has 14 rings (SSSR count). The van der Waals surface area contributed by atoms with Gasteiger partial charge in [0.15, 0.2) is 0 Å². The maximum atomic E-state index is 2.69. The summed E-state index contributed by atoms with van der Waals surface area (Å²) in [6.07, 6.45) is 0. The topological polar surface area (TPSA) is 9.72 Å². The fraction of sp³-hybridized carbons (Fsp3) is 0.154. The van der Waals surface area contributed by atoms with E-state index in [4.69, 9.17) is 0 Å². The molecule has 0 amide bonds. The van der Waals surface area contributed by atoms with E-state index in [0.717, 1.165) is 39.6 Å². The van der Waals surface area contributed by atoms with E-state index in [0.29, 0.717) is 0 Å². The number of thiophene rings is 1. The number of hydrogen-bond acceptors (Lipinski definition) is 4. The van der Waals surface area contributed by atoms with Crippen molar-refractivity contribution in [3.8, 4) is 44.5 Å². The van der Waals surface area contributed by atoms with Crippen LogP contribution in [0.1, 0.15) is 79.0 Å². The summed E-state index contributed by atoms with van der Waals surface area (Å²) in [4.78, 5) is 7.82. The first kappa shape index (κ1) is 52.2. The molecule has 404 valence electrons. The molecule has 0 spiro atoms. The third kappa shape index (κ3) is 9.23. The molecule has 0 fully saturated rings. The molecule has 2 aliphatic heterocycles. The summed E-state index contributed by atoms with van der Waals surface area (Å²) >= 11 is 1.90. The molecule has 0 radical (unpaired) electrons. The van der Waals surface area contributed by atoms with Crippen LogP contribution in [0.5, 0.6) is 0 Å². The largest absolute Gasteiger partial charge is 0.376 e. The number of benzene rings is 11. The molecule has 0 saturated carbocycles. The van der Waals surface area contributed by atoms with Gasteiger partial charge in [0.2, 0.25) is 0 Å². The molecule has 83 heavy (non-hydrogen) atoms. The van der Waals surface area contributed by atoms with Gasteiger partial charge >= 0.3 is 6.85 Å². The third-order valence-electron chi connectivity index (χ3n) is 17.3. The van der Waals surface area contributed by atoms with Crippen LogP contribution in [0.2, 0.25) is 0 Å². The zero-order valence-corrected chi connectivity index (χ0v) is 49.8. The number of fused-ring (bicyclic) bond motifs is 7. The second-order valence-electron chi connectivity index (χ2n) is 25.8. The predicted octanol–water partition coefficient (Wildman–Crippen LogP) is 21.1. The van der Waals surface area contributed by atoms with Crippen molar-refractivity contribution in [2.75, 3.05) is 14.6 Å². The zero-order valence-electron chi connectivity index (χ0n) is 49.0. The Morgan fingerprint density at radius 2 is 0.880 bits per heavy atom. The lowest BCUT2D eigenvalue weighted by molar-refractivity contribution is 0.590. The predicted molar refractivity (Wildman–Crippen MR) is 360 cm³/mol. The highest BCUT2D eigenvalue weighted by Gasteiger charge is 2.47. The maximum absolute atomic E-state index is 2.69. The van der Waals surface area contributed by atoms with E-state index < -0.39 is 0 Å². The Hall–Kier alpha value is -8.90. The Labute approximate surface area is 494 Å². The van der Waals surface area contributed by atoms with Gasteiger partial charge in [-0.1, -0.05) is 226 Å². The highest BCUT2D eigenvalue weighted by atomic mass is 32.1. The fourth-order valence-electron chi connectivity index (χ4n) is 12.8. The van der Waals surface area contributed by atoms with Crippen LogP contribution in [-0.2, 0) is 16.2 Å². The lowest BCUT2D eigenvalue weighted by Gasteiger charge is -2.47. The van der Waals surface area contributed by atoms with Crippen molar-refractivity contribution in [3.63, 3.8) is 0 Å². The molecule has 0 N–H and O–H groups in total. The number of nitrogens with zero attached hydrogens (tertiary/aromatic N) is 3. The molecule has 11 aromatic carbocycles. The molecular weight excluding hydrogens is 1020 g/mol. The molecule has 0 saturated heterocycles. The average molecular weight is 1090 g/mol. The first-order chi connectivity index (χ1) is 40.0. The van der Waals surface area contributed by atoms with Gasteiger partial charge in [-0.2, -0.15) is 0 Å². The standard InChI is InChI=1S/C78H68BN3S/c1-76(2,3)56-35-38-59(39-36-56)82-70-49-66-63-33-19-20-34-73(63)83-74(66)50-65(70)67-46-58(78(7,8)9)47-72-75(67)79(82)68-41-40-62(48-71(68)81(72)69-42-37-57(77(4,5)6)45-64(69)53-27-17-12-18-28-53)80(60-31-21-29-54(43-60)51-23-13-10-14-24-51)61-32-22-30-55(44-61)52-25-15-11-16-26-52/h10-50H,1-9H3. The number of anilines is 8. The van der Waals surface area contributed by atoms with Crippen LogP contribution in [0.4, 0.5) is 45.5 Å². The Bertz CT molecular complexity index is 4360. The van der Waals surface area contributed by atoms with Crippen molar-refractivity contribution in [1.29, 1.82) is 0 Å². The summed E-state index contributed by atoms with van der Waals surface area (Å²) in [7, 11) is 0. The molecular formula is C78H68BN3S. The van der Waals surface area contributed by atoms with Gasteiger partial charge in [-0.05, 0) is 162 Å². The molecule has 2 aliphatic rings. The maximum Gasteiger partial charge on any atom is 0.333 e. The van der Waals surface area contributed by atoms with Gasteiger partial charge in [-0.3, -0.25) is 0 Å². The Balaban J connectivity index is 1.10. The van der Waals surface area contributed by atoms with E-state index in [2.05, 4.69) is 326 Å². The van der Waals surface area contributed by atoms with Crippen LogP contribution >= 0.6 is 11.3 Å². The Kier molecular flexibility index (Phi) is 12.5. The SMILES string of the molecule is CC(C)(C)c1ccc(N2B3c4ccc(N(c5cccc(-c6ccccc6)c5)c5cccc(-c6ccccc6)c5)cc4N(c4ccc(C(C)(C)C)cc4-c4ccccc4)c4cc(C(C)(C)C)cc(c43)-c3cc4sc5ccccc5c4cc32)cc1. The first-order valence-electron chi connectivity index (χ1n) is 29.3. The van der Waals surface area contributed by atoms with Crippen molar-refractivity contribution in [2.24, 2.45) is 0 Å². The van der Waals surface area contributed by atoms with E-state index in [9.17, 15) is 0 Å². The van der Waals surface area contributed by atoms with Crippen LogP contribution in [0.3, 0.4) is 0 Å². The van der Waals surface area contributed by atoms with Crippen LogP contribution in [0.15, 0.2) is 249 Å². The van der Waals surface area contributed by atoms with Crippen LogP contribution in [0, 0.1) is 0 Å². The highest BCUT2D eigenvalue weighted by molar-refractivity contribution is 7.25. The molecule has 0 bridgehead atoms. The molecule has 0 aliphatic carbocycles.